The highest BCUT2D eigenvalue weighted by Crippen LogP contribution is 2.26. The first-order valence-corrected chi connectivity index (χ1v) is 11.6. The van der Waals surface area contributed by atoms with Crippen LogP contribution in [0.15, 0.2) is 70.4 Å². The molecule has 2 atom stereocenters. The van der Waals surface area contributed by atoms with Crippen molar-refractivity contribution in [3.05, 3.63) is 93.6 Å². The van der Waals surface area contributed by atoms with Crippen molar-refractivity contribution in [3.8, 4) is 0 Å². The largest absolute Gasteiger partial charge is 0.467 e. The number of oxime groups is 1. The van der Waals surface area contributed by atoms with Crippen LogP contribution in [0.2, 0.25) is 10.0 Å². The number of aliphatic hydroxyl groups excluding tert-OH is 1. The lowest BCUT2D eigenvalue weighted by Crippen LogP contribution is -2.39. The van der Waals surface area contributed by atoms with E-state index in [4.69, 9.17) is 37.2 Å². The Hall–Kier alpha value is -2.42. The average molecular weight is 507 g/mol. The van der Waals surface area contributed by atoms with Crippen molar-refractivity contribution < 1.29 is 23.5 Å². The molecule has 0 bridgehead atoms. The molecule has 34 heavy (non-hydrogen) atoms. The van der Waals surface area contributed by atoms with Gasteiger partial charge in [-0.1, -0.05) is 46.6 Å². The molecule has 1 aliphatic rings. The predicted molar refractivity (Wildman–Crippen MR) is 129 cm³/mol. The zero-order valence-electron chi connectivity index (χ0n) is 18.4. The molecule has 2 heterocycles. The maximum Gasteiger partial charge on any atom is 0.145 e. The highest BCUT2D eigenvalue weighted by atomic mass is 35.5. The zero-order chi connectivity index (χ0) is 23.9. The second-order valence-corrected chi connectivity index (χ2v) is 8.99. The Balaban J connectivity index is 1.36. The van der Waals surface area contributed by atoms with E-state index in [0.717, 1.165) is 16.8 Å². The van der Waals surface area contributed by atoms with Crippen LogP contribution in [0, 0.1) is 5.82 Å². The Morgan fingerprint density at radius 2 is 2.03 bits per heavy atom. The fraction of sp³-hybridized carbons (Fsp3) is 0.320. The maximum absolute atomic E-state index is 13.7. The predicted octanol–water partition coefficient (Wildman–Crippen LogP) is 5.30. The van der Waals surface area contributed by atoms with Crippen LogP contribution >= 0.6 is 23.2 Å². The maximum atomic E-state index is 13.7. The van der Waals surface area contributed by atoms with Gasteiger partial charge in [0.1, 0.15) is 24.3 Å². The summed E-state index contributed by atoms with van der Waals surface area (Å²) in [5.41, 5.74) is 2.42. The van der Waals surface area contributed by atoms with Crippen LogP contribution in [-0.4, -0.2) is 47.6 Å². The van der Waals surface area contributed by atoms with Crippen molar-refractivity contribution in [1.29, 1.82) is 0 Å². The minimum atomic E-state index is -0.750. The van der Waals surface area contributed by atoms with E-state index in [2.05, 4.69) is 5.16 Å². The summed E-state index contributed by atoms with van der Waals surface area (Å²) in [6, 6.07) is 15.3. The number of ether oxygens (including phenoxy) is 1. The second kappa shape index (κ2) is 11.8. The number of benzene rings is 2. The first kappa shape index (κ1) is 24.7. The molecule has 3 aromatic rings. The monoisotopic (exact) mass is 506 g/mol. The second-order valence-electron chi connectivity index (χ2n) is 8.17. The first-order chi connectivity index (χ1) is 16.5. The summed E-state index contributed by atoms with van der Waals surface area (Å²) in [7, 11) is 0. The molecule has 0 unspecified atom stereocenters. The van der Waals surface area contributed by atoms with E-state index in [9.17, 15) is 9.50 Å². The minimum absolute atomic E-state index is 0.136. The highest BCUT2D eigenvalue weighted by molar-refractivity contribution is 6.42. The van der Waals surface area contributed by atoms with Crippen molar-refractivity contribution in [2.45, 2.75) is 31.8 Å². The lowest BCUT2D eigenvalue weighted by Gasteiger charge is -2.27. The van der Waals surface area contributed by atoms with E-state index in [1.807, 2.05) is 23.1 Å². The van der Waals surface area contributed by atoms with Crippen molar-refractivity contribution in [3.63, 3.8) is 0 Å². The molecule has 2 aromatic carbocycles. The van der Waals surface area contributed by atoms with Gasteiger partial charge in [-0.15, -0.1) is 0 Å². The summed E-state index contributed by atoms with van der Waals surface area (Å²) in [5.74, 6) is 0.386. The standard InChI is InChI=1S/C25H25Cl2FN2O4/c26-23-7-6-18(10-24(23)27)25-11-22(34-29-25)14-30(12-17-3-1-4-19(28)9-17)13-20(31)15-32-16-21-5-2-8-33-21/h1-10,20,22,31H,11-16H2/t20-,22-/m0/s1. The summed E-state index contributed by atoms with van der Waals surface area (Å²) < 4.78 is 24.5. The molecule has 9 heteroatoms. The van der Waals surface area contributed by atoms with Crippen molar-refractivity contribution in [1.82, 2.24) is 4.90 Å². The third-order valence-electron chi connectivity index (χ3n) is 5.35. The van der Waals surface area contributed by atoms with Gasteiger partial charge in [0, 0.05) is 31.6 Å². The van der Waals surface area contributed by atoms with Gasteiger partial charge in [0.25, 0.3) is 0 Å². The Morgan fingerprint density at radius 3 is 2.79 bits per heavy atom. The fourth-order valence-corrected chi connectivity index (χ4v) is 4.10. The molecular formula is C25H25Cl2FN2O4. The molecule has 0 spiro atoms. The summed E-state index contributed by atoms with van der Waals surface area (Å²) in [5, 5.41) is 15.7. The Bertz CT molecular complexity index is 1110. The van der Waals surface area contributed by atoms with E-state index in [1.54, 1.807) is 30.5 Å². The van der Waals surface area contributed by atoms with Crippen molar-refractivity contribution >= 4 is 28.9 Å². The Morgan fingerprint density at radius 1 is 1.15 bits per heavy atom. The van der Waals surface area contributed by atoms with Gasteiger partial charge in [0.05, 0.1) is 34.7 Å². The van der Waals surface area contributed by atoms with Crippen LogP contribution in [0.1, 0.15) is 23.3 Å². The van der Waals surface area contributed by atoms with Crippen molar-refractivity contribution in [2.24, 2.45) is 5.16 Å². The fourth-order valence-electron chi connectivity index (χ4n) is 3.80. The van der Waals surface area contributed by atoms with Gasteiger partial charge in [0.2, 0.25) is 0 Å². The molecule has 1 aromatic heterocycles. The zero-order valence-corrected chi connectivity index (χ0v) is 19.9. The molecule has 4 rings (SSSR count). The molecule has 0 aliphatic carbocycles. The molecule has 0 amide bonds. The summed E-state index contributed by atoms with van der Waals surface area (Å²) in [6.07, 6.45) is 1.17. The Labute approximate surface area is 207 Å². The molecule has 0 saturated carbocycles. The van der Waals surface area contributed by atoms with Gasteiger partial charge >= 0.3 is 0 Å². The van der Waals surface area contributed by atoms with Crippen LogP contribution in [0.3, 0.4) is 0 Å². The minimum Gasteiger partial charge on any atom is -0.467 e. The molecule has 180 valence electrons. The summed E-state index contributed by atoms with van der Waals surface area (Å²) >= 11 is 12.1. The first-order valence-electron chi connectivity index (χ1n) is 10.9. The van der Waals surface area contributed by atoms with E-state index < -0.39 is 6.10 Å². The number of hydrogen-bond acceptors (Lipinski definition) is 6. The quantitative estimate of drug-likeness (QED) is 0.382. The number of furan rings is 1. The number of aliphatic hydroxyl groups is 1. The Kier molecular flexibility index (Phi) is 8.59. The lowest BCUT2D eigenvalue weighted by atomic mass is 10.0. The lowest BCUT2D eigenvalue weighted by molar-refractivity contribution is -0.00957. The molecule has 6 nitrogen and oxygen atoms in total. The average Bonchev–Trinajstić information content (AvgIpc) is 3.48. The number of halogens is 3. The van der Waals surface area contributed by atoms with Crippen LogP contribution in [0.25, 0.3) is 0 Å². The third kappa shape index (κ3) is 7.04. The SMILES string of the molecule is O[C@H](COCc1ccco1)CN(Cc1cccc(F)c1)C[C@@H]1CC(c2ccc(Cl)c(Cl)c2)=NO1. The van der Waals surface area contributed by atoms with Crippen LogP contribution in [0.5, 0.6) is 0 Å². The van der Waals surface area contributed by atoms with Crippen LogP contribution in [-0.2, 0) is 22.7 Å². The summed E-state index contributed by atoms with van der Waals surface area (Å²) in [4.78, 5) is 7.67. The van der Waals surface area contributed by atoms with Gasteiger partial charge in [-0.25, -0.2) is 4.39 Å². The van der Waals surface area contributed by atoms with Gasteiger partial charge < -0.3 is 19.1 Å². The molecule has 1 aliphatic heterocycles. The highest BCUT2D eigenvalue weighted by Gasteiger charge is 2.26. The van der Waals surface area contributed by atoms with Crippen LogP contribution < -0.4 is 0 Å². The molecule has 0 saturated heterocycles. The van der Waals surface area contributed by atoms with Gasteiger partial charge in [-0.2, -0.15) is 0 Å². The number of hydrogen-bond donors (Lipinski definition) is 1. The molecular weight excluding hydrogens is 482 g/mol. The normalized spacial score (nSPS) is 16.5. The van der Waals surface area contributed by atoms with E-state index in [-0.39, 0.29) is 25.1 Å². The van der Waals surface area contributed by atoms with Crippen molar-refractivity contribution in [2.75, 3.05) is 19.7 Å². The smallest absolute Gasteiger partial charge is 0.145 e. The van der Waals surface area contributed by atoms with Gasteiger partial charge in [-0.3, -0.25) is 4.90 Å². The van der Waals surface area contributed by atoms with E-state index >= 15 is 0 Å². The summed E-state index contributed by atoms with van der Waals surface area (Å²) in [6.45, 7) is 1.66. The molecule has 0 radical (unpaired) electrons. The molecule has 0 fully saturated rings. The molecule has 1 N–H and O–H groups in total. The number of nitrogens with zero attached hydrogens (tertiary/aromatic N) is 2. The topological polar surface area (TPSA) is 67.4 Å². The van der Waals surface area contributed by atoms with E-state index in [1.165, 1.54) is 12.1 Å². The van der Waals surface area contributed by atoms with Gasteiger partial charge in [0.15, 0.2) is 0 Å². The van der Waals surface area contributed by atoms with Crippen LogP contribution in [0.4, 0.5) is 4.39 Å². The van der Waals surface area contributed by atoms with Gasteiger partial charge in [-0.05, 0) is 42.0 Å². The number of rotatable bonds is 11. The third-order valence-corrected chi connectivity index (χ3v) is 6.09. The van der Waals surface area contributed by atoms with E-state index in [0.29, 0.717) is 41.9 Å².